The van der Waals surface area contributed by atoms with Crippen molar-refractivity contribution in [3.8, 4) is 0 Å². The number of halogens is 4. The topological polar surface area (TPSA) is 32.3 Å². The first-order chi connectivity index (χ1) is 11.1. The summed E-state index contributed by atoms with van der Waals surface area (Å²) >= 11 is 3.38. The number of nitrogens with zero attached hydrogens (tertiary/aromatic N) is 1. The number of carbonyl (C=O) groups is 1. The standard InChI is InChI=1S/C17H16BrF3N2O/c1-16(2)9-14(24)22-23(16)15(17(19,20)21)12-7-3-6-11-10(12)5-4-8-13(11)18/h3-8,15H,9H2,1-2H3,(H,22,24). The summed E-state index contributed by atoms with van der Waals surface area (Å²) in [6, 6.07) is 8.08. The zero-order valence-electron chi connectivity index (χ0n) is 13.1. The van der Waals surface area contributed by atoms with Gasteiger partial charge in [0.25, 0.3) is 0 Å². The van der Waals surface area contributed by atoms with Crippen LogP contribution in [0.1, 0.15) is 31.9 Å². The van der Waals surface area contributed by atoms with Crippen molar-refractivity contribution in [3.63, 3.8) is 0 Å². The average molecular weight is 401 g/mol. The summed E-state index contributed by atoms with van der Waals surface area (Å²) in [7, 11) is 0. The first-order valence-electron chi connectivity index (χ1n) is 7.44. The van der Waals surface area contributed by atoms with Crippen LogP contribution in [0.5, 0.6) is 0 Å². The Kier molecular flexibility index (Phi) is 4.12. The molecule has 1 fully saturated rings. The van der Waals surface area contributed by atoms with E-state index in [0.29, 0.717) is 10.8 Å². The molecule has 1 N–H and O–H groups in total. The van der Waals surface area contributed by atoms with E-state index in [1.165, 1.54) is 6.07 Å². The molecule has 128 valence electrons. The molecule has 0 radical (unpaired) electrons. The molecule has 0 saturated carbocycles. The average Bonchev–Trinajstić information content (AvgIpc) is 2.71. The van der Waals surface area contributed by atoms with Gasteiger partial charge in [0.05, 0.1) is 0 Å². The van der Waals surface area contributed by atoms with Crippen molar-refractivity contribution in [1.29, 1.82) is 0 Å². The van der Waals surface area contributed by atoms with E-state index in [0.717, 1.165) is 9.48 Å². The molecule has 2 aromatic rings. The zero-order chi connectivity index (χ0) is 17.7. The predicted octanol–water partition coefficient (Wildman–Crippen LogP) is 4.72. The number of hydrogen-bond donors (Lipinski definition) is 1. The number of fused-ring (bicyclic) bond motifs is 1. The molecule has 0 bridgehead atoms. The van der Waals surface area contributed by atoms with Crippen molar-refractivity contribution in [2.45, 2.75) is 38.0 Å². The van der Waals surface area contributed by atoms with Gasteiger partial charge in [-0.3, -0.25) is 10.2 Å². The number of carbonyl (C=O) groups excluding carboxylic acids is 1. The molecular formula is C17H16BrF3N2O. The molecular weight excluding hydrogens is 385 g/mol. The molecule has 7 heteroatoms. The third-order valence-electron chi connectivity index (χ3n) is 4.26. The Balaban J connectivity index is 2.22. The molecule has 24 heavy (non-hydrogen) atoms. The molecule has 1 unspecified atom stereocenters. The summed E-state index contributed by atoms with van der Waals surface area (Å²) in [5, 5.41) is 2.24. The maximum atomic E-state index is 14.0. The van der Waals surface area contributed by atoms with Gasteiger partial charge in [0.15, 0.2) is 6.04 Å². The van der Waals surface area contributed by atoms with Gasteiger partial charge in [-0.15, -0.1) is 0 Å². The van der Waals surface area contributed by atoms with Crippen LogP contribution in [0.25, 0.3) is 10.8 Å². The van der Waals surface area contributed by atoms with Gasteiger partial charge in [0.1, 0.15) is 0 Å². The number of amides is 1. The van der Waals surface area contributed by atoms with Gasteiger partial charge in [-0.1, -0.05) is 46.3 Å². The quantitative estimate of drug-likeness (QED) is 0.790. The van der Waals surface area contributed by atoms with E-state index in [-0.39, 0.29) is 12.0 Å². The van der Waals surface area contributed by atoms with Gasteiger partial charge in [-0.25, -0.2) is 0 Å². The van der Waals surface area contributed by atoms with Crippen molar-refractivity contribution in [2.75, 3.05) is 0 Å². The van der Waals surface area contributed by atoms with Crippen LogP contribution >= 0.6 is 15.9 Å². The summed E-state index contributed by atoms with van der Waals surface area (Å²) in [6.07, 6.45) is -4.51. The van der Waals surface area contributed by atoms with Gasteiger partial charge in [-0.05, 0) is 36.2 Å². The minimum atomic E-state index is -4.54. The number of alkyl halides is 3. The fourth-order valence-corrected chi connectivity index (χ4v) is 3.71. The first-order valence-corrected chi connectivity index (χ1v) is 8.23. The van der Waals surface area contributed by atoms with Crippen LogP contribution in [0.3, 0.4) is 0 Å². The highest BCUT2D eigenvalue weighted by atomic mass is 79.9. The summed E-state index contributed by atoms with van der Waals surface area (Å²) in [4.78, 5) is 11.7. The van der Waals surface area contributed by atoms with Gasteiger partial charge >= 0.3 is 6.18 Å². The third kappa shape index (κ3) is 2.91. The number of benzene rings is 2. The summed E-state index contributed by atoms with van der Waals surface area (Å²) in [5.74, 6) is -0.407. The Bertz CT molecular complexity index is 804. The minimum absolute atomic E-state index is 0.0219. The normalized spacial score (nSPS) is 19.5. The molecule has 1 atom stereocenters. The summed E-state index contributed by atoms with van der Waals surface area (Å²) in [5.41, 5.74) is 1.57. The van der Waals surface area contributed by atoms with E-state index in [1.807, 2.05) is 0 Å². The molecule has 1 heterocycles. The Morgan fingerprint density at radius 2 is 1.79 bits per heavy atom. The van der Waals surface area contributed by atoms with E-state index in [9.17, 15) is 18.0 Å². The number of nitrogens with one attached hydrogen (secondary N) is 1. The van der Waals surface area contributed by atoms with Crippen LogP contribution in [-0.4, -0.2) is 22.6 Å². The Morgan fingerprint density at radius 3 is 2.38 bits per heavy atom. The summed E-state index contributed by atoms with van der Waals surface area (Å²) in [6.45, 7) is 3.26. The number of hydrogen-bond acceptors (Lipinski definition) is 2. The van der Waals surface area contributed by atoms with Crippen molar-refractivity contribution in [1.82, 2.24) is 10.4 Å². The number of hydrazine groups is 1. The molecule has 0 aliphatic carbocycles. The number of rotatable bonds is 2. The van der Waals surface area contributed by atoms with Crippen molar-refractivity contribution in [3.05, 3.63) is 46.4 Å². The van der Waals surface area contributed by atoms with Gasteiger partial charge < -0.3 is 0 Å². The zero-order valence-corrected chi connectivity index (χ0v) is 14.7. The smallest absolute Gasteiger partial charge is 0.287 e. The third-order valence-corrected chi connectivity index (χ3v) is 4.95. The Labute approximate surface area is 145 Å². The van der Waals surface area contributed by atoms with Crippen LogP contribution in [0.4, 0.5) is 13.2 Å². The molecule has 1 aliphatic rings. The minimum Gasteiger partial charge on any atom is -0.287 e. The molecule has 0 spiro atoms. The SMILES string of the molecule is CC1(C)CC(=O)NN1C(c1cccc2c(Br)cccc12)C(F)(F)F. The highest BCUT2D eigenvalue weighted by Gasteiger charge is 2.53. The molecule has 1 aliphatic heterocycles. The lowest BCUT2D eigenvalue weighted by atomic mass is 9.94. The van der Waals surface area contributed by atoms with E-state index in [1.54, 1.807) is 44.2 Å². The lowest BCUT2D eigenvalue weighted by Gasteiger charge is -2.38. The molecule has 0 aromatic heterocycles. The second kappa shape index (κ2) is 5.74. The lowest BCUT2D eigenvalue weighted by molar-refractivity contribution is -0.203. The van der Waals surface area contributed by atoms with E-state index in [2.05, 4.69) is 21.4 Å². The van der Waals surface area contributed by atoms with Crippen LogP contribution in [0.15, 0.2) is 40.9 Å². The maximum absolute atomic E-state index is 14.0. The molecule has 3 nitrogen and oxygen atoms in total. The van der Waals surface area contributed by atoms with Crippen molar-refractivity contribution < 1.29 is 18.0 Å². The first kappa shape index (κ1) is 17.2. The lowest BCUT2D eigenvalue weighted by Crippen LogP contribution is -2.51. The van der Waals surface area contributed by atoms with Gasteiger partial charge in [0, 0.05) is 16.4 Å². The molecule has 1 amide bonds. The van der Waals surface area contributed by atoms with E-state index in [4.69, 9.17) is 0 Å². The second-order valence-corrected chi connectivity index (χ2v) is 7.37. The predicted molar refractivity (Wildman–Crippen MR) is 89.1 cm³/mol. The van der Waals surface area contributed by atoms with Crippen molar-refractivity contribution >= 4 is 32.6 Å². The van der Waals surface area contributed by atoms with Crippen LogP contribution in [0, 0.1) is 0 Å². The Morgan fingerprint density at radius 1 is 1.17 bits per heavy atom. The monoisotopic (exact) mass is 400 g/mol. The highest BCUT2D eigenvalue weighted by Crippen LogP contribution is 2.45. The van der Waals surface area contributed by atoms with E-state index < -0.39 is 23.7 Å². The van der Waals surface area contributed by atoms with Gasteiger partial charge in [0.2, 0.25) is 5.91 Å². The highest BCUT2D eigenvalue weighted by molar-refractivity contribution is 9.10. The van der Waals surface area contributed by atoms with Crippen LogP contribution in [-0.2, 0) is 4.79 Å². The van der Waals surface area contributed by atoms with Crippen LogP contribution < -0.4 is 5.43 Å². The summed E-state index contributed by atoms with van der Waals surface area (Å²) < 4.78 is 42.6. The molecule has 3 rings (SSSR count). The fraction of sp³-hybridized carbons (Fsp3) is 0.353. The van der Waals surface area contributed by atoms with Gasteiger partial charge in [-0.2, -0.15) is 18.2 Å². The molecule has 1 saturated heterocycles. The molecule has 2 aromatic carbocycles. The maximum Gasteiger partial charge on any atom is 0.409 e. The second-order valence-electron chi connectivity index (χ2n) is 6.52. The fourth-order valence-electron chi connectivity index (χ4n) is 3.21. The largest absolute Gasteiger partial charge is 0.409 e. The van der Waals surface area contributed by atoms with Crippen LogP contribution in [0.2, 0.25) is 0 Å². The van der Waals surface area contributed by atoms with E-state index >= 15 is 0 Å². The van der Waals surface area contributed by atoms with Crippen molar-refractivity contribution in [2.24, 2.45) is 0 Å². The Hall–Kier alpha value is -1.60.